The van der Waals surface area contributed by atoms with Gasteiger partial charge in [-0.15, -0.1) is 0 Å². The third kappa shape index (κ3) is 2.66. The average Bonchev–Trinajstić information content (AvgIpc) is 2.89. The molecule has 7 heteroatoms. The van der Waals surface area contributed by atoms with E-state index in [4.69, 9.17) is 5.11 Å². The van der Waals surface area contributed by atoms with E-state index in [-0.39, 0.29) is 29.2 Å². The lowest BCUT2D eigenvalue weighted by Gasteiger charge is -2.25. The maximum Gasteiger partial charge on any atom is 0.303 e. The number of aliphatic hydroxyl groups is 1. The van der Waals surface area contributed by atoms with Crippen molar-refractivity contribution in [2.45, 2.75) is 38.5 Å². The van der Waals surface area contributed by atoms with Crippen LogP contribution in [0.15, 0.2) is 17.2 Å². The van der Waals surface area contributed by atoms with E-state index in [1.54, 1.807) is 4.52 Å². The van der Waals surface area contributed by atoms with Gasteiger partial charge in [-0.2, -0.15) is 5.10 Å². The number of pyridine rings is 1. The molecule has 0 unspecified atom stereocenters. The Kier molecular flexibility index (Phi) is 3.79. The molecule has 0 aliphatic heterocycles. The van der Waals surface area contributed by atoms with Crippen molar-refractivity contribution >= 4 is 17.4 Å². The Labute approximate surface area is 125 Å². The van der Waals surface area contributed by atoms with Crippen molar-refractivity contribution < 1.29 is 15.0 Å². The smallest absolute Gasteiger partial charge is 0.303 e. The molecule has 0 atom stereocenters. The van der Waals surface area contributed by atoms with Crippen LogP contribution >= 0.6 is 0 Å². The molecule has 7 nitrogen and oxygen atoms in total. The van der Waals surface area contributed by atoms with Crippen LogP contribution in [0.2, 0.25) is 0 Å². The summed E-state index contributed by atoms with van der Waals surface area (Å²) in [7, 11) is 0. The highest BCUT2D eigenvalue weighted by atomic mass is 16.4. The van der Waals surface area contributed by atoms with E-state index in [9.17, 15) is 14.7 Å². The number of nitrogens with zero attached hydrogens (tertiary/aromatic N) is 3. The first-order chi connectivity index (χ1) is 10.6. The van der Waals surface area contributed by atoms with Gasteiger partial charge in [0.1, 0.15) is 17.3 Å². The SMILES string of the molecule is O=C(O)CCC(O)=c1c(=O)cc(CC2CCC2)n2ncnc12. The monoisotopic (exact) mass is 303 g/mol. The lowest BCUT2D eigenvalue weighted by atomic mass is 9.82. The van der Waals surface area contributed by atoms with Crippen molar-refractivity contribution in [1.82, 2.24) is 14.6 Å². The Balaban J connectivity index is 2.08. The van der Waals surface area contributed by atoms with Crippen molar-refractivity contribution in [3.05, 3.63) is 33.5 Å². The maximum atomic E-state index is 12.3. The Morgan fingerprint density at radius 3 is 2.73 bits per heavy atom. The number of aromatic nitrogens is 3. The molecule has 0 saturated heterocycles. The first-order valence-electron chi connectivity index (χ1n) is 7.36. The van der Waals surface area contributed by atoms with E-state index in [1.807, 2.05) is 0 Å². The molecule has 1 aliphatic carbocycles. The summed E-state index contributed by atoms with van der Waals surface area (Å²) in [5.74, 6) is -0.707. The number of hydrogen-bond donors (Lipinski definition) is 2. The van der Waals surface area contributed by atoms with E-state index >= 15 is 0 Å². The van der Waals surface area contributed by atoms with E-state index in [0.29, 0.717) is 11.6 Å². The maximum absolute atomic E-state index is 12.3. The molecule has 1 fully saturated rings. The van der Waals surface area contributed by atoms with Crippen LogP contribution in [0.25, 0.3) is 11.4 Å². The molecular weight excluding hydrogens is 286 g/mol. The van der Waals surface area contributed by atoms with Gasteiger partial charge in [-0.05, 0) is 12.3 Å². The average molecular weight is 303 g/mol. The molecule has 0 bridgehead atoms. The summed E-state index contributed by atoms with van der Waals surface area (Å²) in [4.78, 5) is 27.0. The molecule has 1 aliphatic rings. The molecule has 2 aromatic heterocycles. The van der Waals surface area contributed by atoms with Gasteiger partial charge >= 0.3 is 5.97 Å². The standard InChI is InChI=1S/C15H17N3O4/c19-11(4-5-13(21)22)14-12(20)7-10(6-9-2-1-3-9)18-15(14)16-8-17-18/h7-9,19H,1-6H2,(H,21,22). The normalized spacial score (nSPS) is 16.5. The second kappa shape index (κ2) is 5.75. The van der Waals surface area contributed by atoms with E-state index in [0.717, 1.165) is 25.0 Å². The lowest BCUT2D eigenvalue weighted by Crippen LogP contribution is -2.31. The summed E-state index contributed by atoms with van der Waals surface area (Å²) in [5.41, 5.74) is 0.749. The highest BCUT2D eigenvalue weighted by Crippen LogP contribution is 2.29. The van der Waals surface area contributed by atoms with Gasteiger partial charge in [0, 0.05) is 18.2 Å². The topological polar surface area (TPSA) is 105 Å². The van der Waals surface area contributed by atoms with Gasteiger partial charge in [0.2, 0.25) is 0 Å². The molecule has 116 valence electrons. The molecular formula is C15H17N3O4. The summed E-state index contributed by atoms with van der Waals surface area (Å²) in [6.45, 7) is 0. The van der Waals surface area contributed by atoms with Gasteiger partial charge in [0.05, 0.1) is 6.42 Å². The molecule has 0 radical (unpaired) electrons. The fourth-order valence-electron chi connectivity index (χ4n) is 2.78. The van der Waals surface area contributed by atoms with Crippen molar-refractivity contribution in [2.24, 2.45) is 5.92 Å². The van der Waals surface area contributed by atoms with Crippen LogP contribution in [0.3, 0.4) is 0 Å². The zero-order valence-electron chi connectivity index (χ0n) is 12.0. The lowest BCUT2D eigenvalue weighted by molar-refractivity contribution is -0.136. The Hall–Kier alpha value is -2.44. The largest absolute Gasteiger partial charge is 0.511 e. The van der Waals surface area contributed by atoms with Crippen LogP contribution in [-0.4, -0.2) is 30.8 Å². The minimum atomic E-state index is -1.03. The fraction of sp³-hybridized carbons (Fsp3) is 0.467. The highest BCUT2D eigenvalue weighted by Gasteiger charge is 2.20. The van der Waals surface area contributed by atoms with Gasteiger partial charge in [-0.1, -0.05) is 19.3 Å². The Bertz CT molecular complexity index is 823. The van der Waals surface area contributed by atoms with E-state index in [2.05, 4.69) is 10.1 Å². The molecule has 0 spiro atoms. The quantitative estimate of drug-likeness (QED) is 0.841. The summed E-state index contributed by atoms with van der Waals surface area (Å²) in [6, 6.07) is 1.48. The van der Waals surface area contributed by atoms with E-state index in [1.165, 1.54) is 18.8 Å². The summed E-state index contributed by atoms with van der Waals surface area (Å²) in [5, 5.41) is 22.9. The first-order valence-corrected chi connectivity index (χ1v) is 7.36. The van der Waals surface area contributed by atoms with Crippen molar-refractivity contribution in [3.8, 4) is 0 Å². The van der Waals surface area contributed by atoms with Gasteiger partial charge in [-0.3, -0.25) is 9.59 Å². The molecule has 2 aromatic rings. The molecule has 2 N–H and O–H groups in total. The molecule has 0 aromatic carbocycles. The highest BCUT2D eigenvalue weighted by molar-refractivity contribution is 5.68. The minimum absolute atomic E-state index is 0.0520. The predicted molar refractivity (Wildman–Crippen MR) is 78.4 cm³/mol. The number of carboxylic acids is 1. The number of rotatable bonds is 5. The molecule has 22 heavy (non-hydrogen) atoms. The van der Waals surface area contributed by atoms with Gasteiger partial charge in [-0.25, -0.2) is 9.50 Å². The Morgan fingerprint density at radius 2 is 2.09 bits per heavy atom. The van der Waals surface area contributed by atoms with Crippen molar-refractivity contribution in [1.29, 1.82) is 0 Å². The number of carboxylic acid groups (broad SMARTS) is 1. The van der Waals surface area contributed by atoms with Crippen LogP contribution in [0.4, 0.5) is 0 Å². The zero-order chi connectivity index (χ0) is 15.7. The first kappa shape index (κ1) is 14.5. The second-order valence-corrected chi connectivity index (χ2v) is 5.71. The van der Waals surface area contributed by atoms with Crippen LogP contribution in [0.5, 0.6) is 0 Å². The summed E-state index contributed by atoms with van der Waals surface area (Å²) >= 11 is 0. The van der Waals surface area contributed by atoms with Crippen LogP contribution < -0.4 is 10.6 Å². The molecule has 0 amide bonds. The number of hydrogen-bond acceptors (Lipinski definition) is 5. The number of aliphatic hydroxyl groups excluding tert-OH is 1. The number of fused-ring (bicyclic) bond motifs is 1. The third-order valence-electron chi connectivity index (χ3n) is 4.17. The van der Waals surface area contributed by atoms with Gasteiger partial charge in [0.25, 0.3) is 0 Å². The number of carbonyl (C=O) groups is 1. The molecule has 3 rings (SSSR count). The number of aliphatic carboxylic acids is 1. The van der Waals surface area contributed by atoms with Crippen molar-refractivity contribution in [2.75, 3.05) is 0 Å². The zero-order valence-corrected chi connectivity index (χ0v) is 12.0. The predicted octanol–water partition coefficient (Wildman–Crippen LogP) is 0.682. The van der Waals surface area contributed by atoms with Crippen LogP contribution in [0, 0.1) is 5.92 Å². The van der Waals surface area contributed by atoms with Gasteiger partial charge < -0.3 is 10.2 Å². The Morgan fingerprint density at radius 1 is 1.32 bits per heavy atom. The summed E-state index contributed by atoms with van der Waals surface area (Å²) < 4.78 is 1.58. The fourth-order valence-corrected chi connectivity index (χ4v) is 2.78. The molecule has 2 heterocycles. The van der Waals surface area contributed by atoms with Crippen molar-refractivity contribution in [3.63, 3.8) is 0 Å². The third-order valence-corrected chi connectivity index (χ3v) is 4.17. The van der Waals surface area contributed by atoms with Crippen LogP contribution in [-0.2, 0) is 11.2 Å². The van der Waals surface area contributed by atoms with Gasteiger partial charge in [0.15, 0.2) is 11.1 Å². The van der Waals surface area contributed by atoms with Crippen LogP contribution in [0.1, 0.15) is 37.8 Å². The minimum Gasteiger partial charge on any atom is -0.511 e. The second-order valence-electron chi connectivity index (χ2n) is 5.71. The summed E-state index contributed by atoms with van der Waals surface area (Å²) in [6.07, 6.45) is 5.30. The van der Waals surface area contributed by atoms with E-state index < -0.39 is 5.97 Å². The molecule has 1 saturated carbocycles.